The number of nitrogens with two attached hydrogens (primary N) is 1. The summed E-state index contributed by atoms with van der Waals surface area (Å²) >= 11 is 0. The van der Waals surface area contributed by atoms with Gasteiger partial charge in [-0.15, -0.1) is 0 Å². The van der Waals surface area contributed by atoms with E-state index >= 15 is 0 Å². The van der Waals surface area contributed by atoms with Crippen molar-refractivity contribution in [3.05, 3.63) is 16.4 Å². The summed E-state index contributed by atoms with van der Waals surface area (Å²) in [6.45, 7) is 3.12. The molecule has 1 aromatic heterocycles. The fourth-order valence-electron chi connectivity index (χ4n) is 2.07. The number of aromatic nitrogens is 2. The van der Waals surface area contributed by atoms with Gasteiger partial charge in [-0.05, 0) is 19.8 Å². The molecular formula is C10H16N6O3. The molecule has 1 saturated heterocycles. The smallest absolute Gasteiger partial charge is 0.354 e. The van der Waals surface area contributed by atoms with Gasteiger partial charge in [0, 0.05) is 6.61 Å². The van der Waals surface area contributed by atoms with E-state index in [2.05, 4.69) is 20.7 Å². The zero-order chi connectivity index (χ0) is 13.9. The second-order valence-corrected chi connectivity index (χ2v) is 4.66. The van der Waals surface area contributed by atoms with Crippen molar-refractivity contribution in [2.75, 3.05) is 24.0 Å². The second kappa shape index (κ2) is 5.33. The largest absolute Gasteiger partial charge is 0.379 e. The number of nitrogen functional groups attached to an aromatic ring is 1. The summed E-state index contributed by atoms with van der Waals surface area (Å²) in [5.41, 5.74) is 1.55. The van der Waals surface area contributed by atoms with Crippen molar-refractivity contribution >= 4 is 17.3 Å². The third-order valence-corrected chi connectivity index (χ3v) is 3.00. The van der Waals surface area contributed by atoms with Crippen LogP contribution >= 0.6 is 0 Å². The van der Waals surface area contributed by atoms with Crippen LogP contribution in [0.1, 0.15) is 19.8 Å². The lowest BCUT2D eigenvalue weighted by Crippen LogP contribution is -2.43. The predicted octanol–water partition coefficient (Wildman–Crippen LogP) is 0.651. The zero-order valence-electron chi connectivity index (χ0n) is 10.5. The minimum absolute atomic E-state index is 0.0252. The first-order chi connectivity index (χ1) is 9.06. The van der Waals surface area contributed by atoms with Gasteiger partial charge in [-0.25, -0.2) is 15.8 Å². The van der Waals surface area contributed by atoms with Gasteiger partial charge in [0.25, 0.3) is 0 Å². The van der Waals surface area contributed by atoms with Crippen LogP contribution in [0, 0.1) is 10.1 Å². The van der Waals surface area contributed by atoms with E-state index in [-0.39, 0.29) is 22.9 Å². The monoisotopic (exact) mass is 268 g/mol. The summed E-state index contributed by atoms with van der Waals surface area (Å²) in [5.74, 6) is 5.34. The molecule has 1 atom stereocenters. The molecule has 9 heteroatoms. The van der Waals surface area contributed by atoms with Gasteiger partial charge in [-0.2, -0.15) is 0 Å². The number of hydrogen-bond acceptors (Lipinski definition) is 8. The zero-order valence-corrected chi connectivity index (χ0v) is 10.5. The Labute approximate surface area is 109 Å². The molecule has 0 amide bonds. The molecule has 1 aliphatic rings. The lowest BCUT2D eigenvalue weighted by molar-refractivity contribution is -0.383. The number of nitrogens with zero attached hydrogens (tertiary/aromatic N) is 3. The van der Waals surface area contributed by atoms with Crippen LogP contribution in [-0.2, 0) is 4.74 Å². The first kappa shape index (κ1) is 13.4. The molecule has 9 nitrogen and oxygen atoms in total. The number of nitro groups is 1. The van der Waals surface area contributed by atoms with Crippen LogP contribution in [0.15, 0.2) is 6.33 Å². The van der Waals surface area contributed by atoms with Crippen LogP contribution in [0.2, 0.25) is 0 Å². The van der Waals surface area contributed by atoms with Crippen LogP contribution in [-0.4, -0.2) is 33.6 Å². The number of nitrogens with one attached hydrogen (secondary N) is 2. The fourth-order valence-corrected chi connectivity index (χ4v) is 2.07. The van der Waals surface area contributed by atoms with E-state index in [9.17, 15) is 10.1 Å². The molecule has 0 aromatic carbocycles. The second-order valence-electron chi connectivity index (χ2n) is 4.66. The van der Waals surface area contributed by atoms with E-state index in [1.165, 1.54) is 6.33 Å². The summed E-state index contributed by atoms with van der Waals surface area (Å²) in [5, 5.41) is 14.2. The van der Waals surface area contributed by atoms with E-state index in [1.807, 2.05) is 6.92 Å². The quantitative estimate of drug-likeness (QED) is 0.412. The van der Waals surface area contributed by atoms with E-state index < -0.39 is 4.92 Å². The summed E-state index contributed by atoms with van der Waals surface area (Å²) in [4.78, 5) is 18.2. The molecule has 0 saturated carbocycles. The average molecular weight is 268 g/mol. The predicted molar refractivity (Wildman–Crippen MR) is 68.6 cm³/mol. The summed E-state index contributed by atoms with van der Waals surface area (Å²) in [6.07, 6.45) is 2.96. The summed E-state index contributed by atoms with van der Waals surface area (Å²) in [6, 6.07) is 0. The average Bonchev–Trinajstić information content (AvgIpc) is 2.38. The fraction of sp³-hybridized carbons (Fsp3) is 0.600. The molecule has 0 aliphatic carbocycles. The van der Waals surface area contributed by atoms with E-state index in [4.69, 9.17) is 10.6 Å². The van der Waals surface area contributed by atoms with Gasteiger partial charge in [0.2, 0.25) is 11.6 Å². The van der Waals surface area contributed by atoms with Gasteiger partial charge in [-0.1, -0.05) is 0 Å². The maximum atomic E-state index is 11.1. The molecule has 1 aliphatic heterocycles. The van der Waals surface area contributed by atoms with Crippen LogP contribution in [0.25, 0.3) is 0 Å². The van der Waals surface area contributed by atoms with Gasteiger partial charge in [0.1, 0.15) is 6.33 Å². The topological polar surface area (TPSA) is 128 Å². The van der Waals surface area contributed by atoms with Gasteiger partial charge in [-0.3, -0.25) is 10.1 Å². The van der Waals surface area contributed by atoms with Crippen molar-refractivity contribution < 1.29 is 9.66 Å². The molecule has 2 heterocycles. The third kappa shape index (κ3) is 2.88. The van der Waals surface area contributed by atoms with Crippen molar-refractivity contribution in [2.45, 2.75) is 25.3 Å². The minimum atomic E-state index is -0.565. The van der Waals surface area contributed by atoms with Crippen molar-refractivity contribution in [3.8, 4) is 0 Å². The Morgan fingerprint density at radius 1 is 1.53 bits per heavy atom. The van der Waals surface area contributed by atoms with Crippen molar-refractivity contribution in [2.24, 2.45) is 5.84 Å². The maximum absolute atomic E-state index is 11.1. The van der Waals surface area contributed by atoms with Crippen LogP contribution in [0.3, 0.4) is 0 Å². The van der Waals surface area contributed by atoms with Gasteiger partial charge < -0.3 is 15.5 Å². The van der Waals surface area contributed by atoms with E-state index in [0.29, 0.717) is 13.2 Å². The molecule has 0 bridgehead atoms. The Kier molecular flexibility index (Phi) is 3.76. The van der Waals surface area contributed by atoms with Crippen molar-refractivity contribution in [1.82, 2.24) is 9.97 Å². The molecule has 2 rings (SSSR count). The normalized spacial score (nSPS) is 22.8. The molecule has 4 N–H and O–H groups in total. The molecule has 1 fully saturated rings. The third-order valence-electron chi connectivity index (χ3n) is 3.00. The van der Waals surface area contributed by atoms with Gasteiger partial charge in [0.05, 0.1) is 17.1 Å². The van der Waals surface area contributed by atoms with Crippen molar-refractivity contribution in [3.63, 3.8) is 0 Å². The number of hydrogen-bond donors (Lipinski definition) is 3. The molecule has 0 spiro atoms. The lowest BCUT2D eigenvalue weighted by Gasteiger charge is -2.34. The molecule has 1 aromatic rings. The van der Waals surface area contributed by atoms with Crippen LogP contribution in [0.5, 0.6) is 0 Å². The highest BCUT2D eigenvalue weighted by atomic mass is 16.6. The lowest BCUT2D eigenvalue weighted by atomic mass is 9.95. The molecule has 0 radical (unpaired) electrons. The Morgan fingerprint density at radius 3 is 2.84 bits per heavy atom. The van der Waals surface area contributed by atoms with Crippen LogP contribution < -0.4 is 16.6 Å². The highest BCUT2D eigenvalue weighted by Crippen LogP contribution is 2.32. The molecule has 104 valence electrons. The number of hydrazine groups is 1. The summed E-state index contributed by atoms with van der Waals surface area (Å²) in [7, 11) is 0. The number of anilines is 2. The maximum Gasteiger partial charge on any atom is 0.354 e. The number of ether oxygens (including phenoxy) is 1. The molecular weight excluding hydrogens is 252 g/mol. The van der Waals surface area contributed by atoms with Crippen molar-refractivity contribution in [1.29, 1.82) is 0 Å². The van der Waals surface area contributed by atoms with Gasteiger partial charge in [0.15, 0.2) is 0 Å². The highest BCUT2D eigenvalue weighted by Gasteiger charge is 2.32. The molecule has 19 heavy (non-hydrogen) atoms. The minimum Gasteiger partial charge on any atom is -0.379 e. The van der Waals surface area contributed by atoms with E-state index in [0.717, 1.165) is 12.8 Å². The Hall–Kier alpha value is -2.00. The number of rotatable bonds is 4. The standard InChI is InChI=1S/C10H16N6O3/c1-10(3-2-4-19-5-10)14-8-7(16(17)18)9(15-11)13-6-12-8/h6H,2-5,11H2,1H3,(H2,12,13,14,15). The first-order valence-corrected chi connectivity index (χ1v) is 5.88. The van der Waals surface area contributed by atoms with Crippen LogP contribution in [0.4, 0.5) is 17.3 Å². The highest BCUT2D eigenvalue weighted by molar-refractivity contribution is 5.69. The molecule has 1 unspecified atom stereocenters. The summed E-state index contributed by atoms with van der Waals surface area (Å²) < 4.78 is 5.40. The Bertz CT molecular complexity index is 474. The SMILES string of the molecule is CC1(Nc2ncnc(NN)c2[N+](=O)[O-])CCCOC1. The first-order valence-electron chi connectivity index (χ1n) is 5.88. The van der Waals surface area contributed by atoms with Gasteiger partial charge >= 0.3 is 5.69 Å². The Morgan fingerprint density at radius 2 is 2.26 bits per heavy atom. The van der Waals surface area contributed by atoms with E-state index in [1.54, 1.807) is 0 Å². The Balaban J connectivity index is 2.31.